The highest BCUT2D eigenvalue weighted by atomic mass is 32.2. The van der Waals surface area contributed by atoms with Crippen LogP contribution in [-0.2, 0) is 0 Å². The molecule has 33 heavy (non-hydrogen) atoms. The van der Waals surface area contributed by atoms with E-state index >= 15 is 0 Å². The van der Waals surface area contributed by atoms with Gasteiger partial charge in [-0.1, -0.05) is 67.8 Å². The topological polar surface area (TPSA) is 78.0 Å². The number of aromatic nitrogens is 1. The van der Waals surface area contributed by atoms with Crippen LogP contribution in [0, 0.1) is 5.41 Å². The van der Waals surface area contributed by atoms with Crippen molar-refractivity contribution in [3.8, 4) is 0 Å². The maximum Gasteiger partial charge on any atom is 0.197 e. The molecule has 0 radical (unpaired) electrons. The molecule has 0 atom stereocenters. The molecule has 1 aromatic heterocycles. The van der Waals surface area contributed by atoms with Crippen LogP contribution in [0.5, 0.6) is 0 Å². The molecule has 1 fully saturated rings. The molecule has 5 rings (SSSR count). The Kier molecular flexibility index (Phi) is 8.35. The van der Waals surface area contributed by atoms with Gasteiger partial charge in [0.1, 0.15) is 0 Å². The lowest BCUT2D eigenvalue weighted by Gasteiger charge is -2.22. The highest BCUT2D eigenvalue weighted by Gasteiger charge is 2.14. The van der Waals surface area contributed by atoms with Crippen molar-refractivity contribution in [2.45, 2.75) is 42.5 Å². The van der Waals surface area contributed by atoms with Crippen LogP contribution in [0.1, 0.15) is 32.1 Å². The number of benzene rings is 3. The van der Waals surface area contributed by atoms with E-state index in [1.807, 2.05) is 66.7 Å². The van der Waals surface area contributed by atoms with Gasteiger partial charge >= 0.3 is 0 Å². The zero-order valence-corrected chi connectivity index (χ0v) is 20.1. The summed E-state index contributed by atoms with van der Waals surface area (Å²) in [6.45, 7) is 0. The Balaban J connectivity index is 0.000000157. The van der Waals surface area contributed by atoms with Crippen molar-refractivity contribution < 1.29 is 0 Å². The monoisotopic (exact) mass is 475 g/mol. The zero-order valence-electron chi connectivity index (χ0n) is 18.5. The number of nitrogens with one attached hydrogen (secondary N) is 2. The van der Waals surface area contributed by atoms with E-state index in [2.05, 4.69) is 27.9 Å². The Morgan fingerprint density at radius 1 is 0.879 bits per heavy atom. The van der Waals surface area contributed by atoms with E-state index in [4.69, 9.17) is 11.1 Å². The number of para-hydroxylation sites is 3. The lowest BCUT2D eigenvalue weighted by atomic mass is 9.96. The summed E-state index contributed by atoms with van der Waals surface area (Å²) in [5, 5.41) is 7.63. The van der Waals surface area contributed by atoms with E-state index in [9.17, 15) is 0 Å². The Hall–Kier alpha value is -2.87. The minimum absolute atomic E-state index is 0.0115. The SMILES string of the molecule is N=C(N)N(c1ccccc1)c1ccccc1.c1ccc2sc(SNC3CCCCC3)nc2c1. The van der Waals surface area contributed by atoms with Crippen LogP contribution >= 0.6 is 23.3 Å². The molecule has 3 aromatic carbocycles. The van der Waals surface area contributed by atoms with Gasteiger partial charge in [0.2, 0.25) is 0 Å². The van der Waals surface area contributed by atoms with E-state index < -0.39 is 0 Å². The highest BCUT2D eigenvalue weighted by Crippen LogP contribution is 2.29. The molecule has 4 N–H and O–H groups in total. The van der Waals surface area contributed by atoms with Crippen LogP contribution in [0.4, 0.5) is 11.4 Å². The first-order chi connectivity index (χ1) is 16.2. The number of anilines is 2. The smallest absolute Gasteiger partial charge is 0.197 e. The van der Waals surface area contributed by atoms with Crippen molar-refractivity contribution in [1.29, 1.82) is 5.41 Å². The zero-order chi connectivity index (χ0) is 22.9. The Morgan fingerprint density at radius 2 is 1.45 bits per heavy atom. The van der Waals surface area contributed by atoms with Gasteiger partial charge in [0.05, 0.1) is 10.2 Å². The maximum atomic E-state index is 7.63. The summed E-state index contributed by atoms with van der Waals surface area (Å²) in [4.78, 5) is 6.31. The van der Waals surface area contributed by atoms with Gasteiger partial charge in [-0.25, -0.2) is 4.98 Å². The Labute approximate surface area is 203 Å². The molecule has 1 saturated carbocycles. The minimum atomic E-state index is 0.0115. The van der Waals surface area contributed by atoms with Crippen molar-refractivity contribution in [1.82, 2.24) is 9.71 Å². The molecule has 4 aromatic rings. The fraction of sp³-hybridized carbons (Fsp3) is 0.231. The lowest BCUT2D eigenvalue weighted by molar-refractivity contribution is 0.423. The standard InChI is InChI=1S/C13H13N3.C13H16N2S2/c14-13(15)16(11-7-3-1-4-8-11)12-9-5-2-6-10-12;1-2-6-10(7-3-1)15-17-13-14-11-8-4-5-9-12(11)16-13/h1-10H,(H3,14,15);4-5,8-10,15H,1-3,6-7H2. The van der Waals surface area contributed by atoms with Crippen LogP contribution in [0.3, 0.4) is 0 Å². The van der Waals surface area contributed by atoms with Gasteiger partial charge < -0.3 is 5.73 Å². The molecule has 5 nitrogen and oxygen atoms in total. The molecule has 0 aliphatic heterocycles. The summed E-state index contributed by atoms with van der Waals surface area (Å²) in [5.74, 6) is 0.0115. The molecule has 0 amide bonds. The number of hydrogen-bond donors (Lipinski definition) is 3. The molecular formula is C26H29N5S2. The van der Waals surface area contributed by atoms with Gasteiger partial charge in [0.15, 0.2) is 10.3 Å². The van der Waals surface area contributed by atoms with Crippen molar-refractivity contribution >= 4 is 50.8 Å². The van der Waals surface area contributed by atoms with E-state index in [1.54, 1.807) is 28.2 Å². The van der Waals surface area contributed by atoms with Gasteiger partial charge in [-0.3, -0.25) is 15.0 Å². The van der Waals surface area contributed by atoms with E-state index in [0.29, 0.717) is 6.04 Å². The second kappa shape index (κ2) is 11.8. The fourth-order valence-electron chi connectivity index (χ4n) is 3.83. The predicted molar refractivity (Wildman–Crippen MR) is 142 cm³/mol. The first-order valence-corrected chi connectivity index (χ1v) is 12.9. The van der Waals surface area contributed by atoms with Crippen molar-refractivity contribution in [3.05, 3.63) is 84.9 Å². The van der Waals surface area contributed by atoms with Crippen LogP contribution in [0.25, 0.3) is 10.2 Å². The van der Waals surface area contributed by atoms with Crippen LogP contribution < -0.4 is 15.4 Å². The number of fused-ring (bicyclic) bond motifs is 1. The van der Waals surface area contributed by atoms with Crippen molar-refractivity contribution in [3.63, 3.8) is 0 Å². The van der Waals surface area contributed by atoms with E-state index in [-0.39, 0.29) is 5.96 Å². The van der Waals surface area contributed by atoms with E-state index in [0.717, 1.165) is 21.2 Å². The number of nitrogens with two attached hydrogens (primary N) is 1. The summed E-state index contributed by atoms with van der Waals surface area (Å²) in [7, 11) is 0. The van der Waals surface area contributed by atoms with Gasteiger partial charge in [-0.05, 0) is 61.2 Å². The van der Waals surface area contributed by atoms with Gasteiger partial charge in [0.25, 0.3) is 0 Å². The molecule has 0 bridgehead atoms. The summed E-state index contributed by atoms with van der Waals surface area (Å²) in [6, 6.07) is 28.3. The molecule has 0 saturated heterocycles. The lowest BCUT2D eigenvalue weighted by Crippen LogP contribution is -2.32. The molecule has 1 aliphatic carbocycles. The molecular weight excluding hydrogens is 446 g/mol. The third-order valence-electron chi connectivity index (χ3n) is 5.46. The average Bonchev–Trinajstić information content (AvgIpc) is 3.28. The molecule has 170 valence electrons. The normalized spacial score (nSPS) is 13.8. The summed E-state index contributed by atoms with van der Waals surface area (Å²) >= 11 is 3.49. The number of nitrogens with zero attached hydrogens (tertiary/aromatic N) is 2. The molecule has 1 heterocycles. The van der Waals surface area contributed by atoms with Gasteiger partial charge in [-0.15, -0.1) is 11.3 Å². The second-order valence-corrected chi connectivity index (χ2v) is 10.0. The first-order valence-electron chi connectivity index (χ1n) is 11.2. The average molecular weight is 476 g/mol. The third kappa shape index (κ3) is 6.57. The second-order valence-electron chi connectivity index (χ2n) is 7.89. The van der Waals surface area contributed by atoms with Crippen molar-refractivity contribution in [2.24, 2.45) is 5.73 Å². The summed E-state index contributed by atoms with van der Waals surface area (Å²) < 4.78 is 5.98. The third-order valence-corrected chi connectivity index (χ3v) is 7.51. The molecule has 0 unspecified atom stereocenters. The van der Waals surface area contributed by atoms with Gasteiger partial charge in [-0.2, -0.15) is 0 Å². The predicted octanol–water partition coefficient (Wildman–Crippen LogP) is 6.94. The highest BCUT2D eigenvalue weighted by molar-refractivity contribution is 7.99. The molecule has 0 spiro atoms. The van der Waals surface area contributed by atoms with Crippen LogP contribution in [-0.4, -0.2) is 17.0 Å². The minimum Gasteiger partial charge on any atom is -0.369 e. The number of thiazole rings is 1. The quantitative estimate of drug-likeness (QED) is 0.165. The van der Waals surface area contributed by atoms with E-state index in [1.165, 1.54) is 36.8 Å². The fourth-order valence-corrected chi connectivity index (χ4v) is 5.75. The Morgan fingerprint density at radius 3 is 2.03 bits per heavy atom. The van der Waals surface area contributed by atoms with Crippen LogP contribution in [0.15, 0.2) is 89.3 Å². The molecule has 1 aliphatic rings. The van der Waals surface area contributed by atoms with Gasteiger partial charge in [0, 0.05) is 17.4 Å². The summed E-state index contributed by atoms with van der Waals surface area (Å²) in [6.07, 6.45) is 6.79. The summed E-state index contributed by atoms with van der Waals surface area (Å²) in [5.41, 5.74) is 8.51. The Bertz CT molecular complexity index is 1070. The van der Waals surface area contributed by atoms with Crippen molar-refractivity contribution in [2.75, 3.05) is 4.90 Å². The van der Waals surface area contributed by atoms with Crippen LogP contribution in [0.2, 0.25) is 0 Å². The number of guanidine groups is 1. The maximum absolute atomic E-state index is 7.63. The first kappa shape index (κ1) is 23.3. The largest absolute Gasteiger partial charge is 0.369 e. The number of rotatable bonds is 5. The number of hydrogen-bond acceptors (Lipinski definition) is 5. The molecule has 7 heteroatoms.